The van der Waals surface area contributed by atoms with Crippen LogP contribution in [-0.2, 0) is 9.53 Å². The number of methoxy groups -OCH3 is 3. The van der Waals surface area contributed by atoms with E-state index in [9.17, 15) is 9.59 Å². The van der Waals surface area contributed by atoms with Crippen molar-refractivity contribution in [1.82, 2.24) is 0 Å². The van der Waals surface area contributed by atoms with Gasteiger partial charge in [-0.3, -0.25) is 9.59 Å². The highest BCUT2D eigenvalue weighted by Gasteiger charge is 2.24. The fourth-order valence-corrected chi connectivity index (χ4v) is 2.10. The van der Waals surface area contributed by atoms with Crippen LogP contribution in [0, 0.1) is 5.92 Å². The zero-order valence-corrected chi connectivity index (χ0v) is 12.6. The molecule has 20 heavy (non-hydrogen) atoms. The lowest BCUT2D eigenvalue weighted by Gasteiger charge is -2.15. The number of ketones is 1. The lowest BCUT2D eigenvalue weighted by atomic mass is 9.95. The number of hydrogen-bond donors (Lipinski definition) is 0. The molecule has 0 radical (unpaired) electrons. The van der Waals surface area contributed by atoms with Crippen molar-refractivity contribution in [2.45, 2.75) is 13.3 Å². The van der Waals surface area contributed by atoms with Crippen LogP contribution in [0.1, 0.15) is 23.7 Å². The van der Waals surface area contributed by atoms with Gasteiger partial charge in [0.15, 0.2) is 11.5 Å². The molecule has 1 unspecified atom stereocenters. The molecule has 1 atom stereocenters. The fourth-order valence-electron chi connectivity index (χ4n) is 1.78. The van der Waals surface area contributed by atoms with Crippen molar-refractivity contribution in [3.8, 4) is 11.5 Å². The Morgan fingerprint density at radius 1 is 1.20 bits per heavy atom. The van der Waals surface area contributed by atoms with Gasteiger partial charge < -0.3 is 14.2 Å². The van der Waals surface area contributed by atoms with Crippen molar-refractivity contribution in [2.75, 3.05) is 21.3 Å². The zero-order chi connectivity index (χ0) is 15.3. The van der Waals surface area contributed by atoms with Crippen molar-refractivity contribution >= 4 is 23.4 Å². The molecule has 0 saturated heterocycles. The van der Waals surface area contributed by atoms with Crippen LogP contribution in [0.25, 0.3) is 0 Å². The van der Waals surface area contributed by atoms with Gasteiger partial charge in [-0.25, -0.2) is 0 Å². The third kappa shape index (κ3) is 3.42. The molecule has 0 aliphatic rings. The van der Waals surface area contributed by atoms with E-state index >= 15 is 0 Å². The lowest BCUT2D eigenvalue weighted by Crippen LogP contribution is -2.17. The number of Topliss-reactive ketones (excluding diaryl/α,β-unsaturated/α-hetero) is 1. The number of ether oxygens (including phenoxy) is 3. The Morgan fingerprint density at radius 2 is 1.85 bits per heavy atom. The van der Waals surface area contributed by atoms with Gasteiger partial charge in [-0.15, -0.1) is 0 Å². The number of halogens is 1. The molecule has 1 aromatic carbocycles. The highest BCUT2D eigenvalue weighted by atomic mass is 35.5. The summed E-state index contributed by atoms with van der Waals surface area (Å²) in [5, 5.41) is 0.228. The van der Waals surface area contributed by atoms with Crippen LogP contribution in [0.4, 0.5) is 0 Å². The number of hydrogen-bond acceptors (Lipinski definition) is 5. The van der Waals surface area contributed by atoms with Gasteiger partial charge >= 0.3 is 5.97 Å². The van der Waals surface area contributed by atoms with Gasteiger partial charge in [-0.05, 0) is 12.1 Å². The predicted molar refractivity (Wildman–Crippen MR) is 74.7 cm³/mol. The second kappa shape index (κ2) is 7.14. The van der Waals surface area contributed by atoms with Crippen LogP contribution in [0.2, 0.25) is 5.02 Å². The summed E-state index contributed by atoms with van der Waals surface area (Å²) in [6.07, 6.45) is 0.00212. The standard InChI is InChI=1S/C14H17ClO5/c1-8(7-11(16)19-3)13(17)9-5-6-10(18-2)12(15)14(9)20-4/h5-6,8H,7H2,1-4H3. The normalized spacial score (nSPS) is 11.7. The van der Waals surface area contributed by atoms with Gasteiger partial charge in [0.1, 0.15) is 10.8 Å². The Labute approximate surface area is 122 Å². The first-order valence-corrected chi connectivity index (χ1v) is 6.35. The summed E-state index contributed by atoms with van der Waals surface area (Å²) in [6.45, 7) is 1.65. The maximum atomic E-state index is 12.3. The molecular formula is C14H17ClO5. The highest BCUT2D eigenvalue weighted by Crippen LogP contribution is 2.37. The molecular weight excluding hydrogens is 284 g/mol. The van der Waals surface area contributed by atoms with Crippen LogP contribution >= 0.6 is 11.6 Å². The monoisotopic (exact) mass is 300 g/mol. The summed E-state index contributed by atoms with van der Waals surface area (Å²) < 4.78 is 14.8. The van der Waals surface area contributed by atoms with E-state index in [-0.39, 0.29) is 23.0 Å². The number of rotatable bonds is 6. The molecule has 0 amide bonds. The smallest absolute Gasteiger partial charge is 0.306 e. The van der Waals surface area contributed by atoms with Crippen molar-refractivity contribution in [2.24, 2.45) is 5.92 Å². The summed E-state index contributed by atoms with van der Waals surface area (Å²) in [7, 11) is 4.18. The molecule has 1 aromatic rings. The van der Waals surface area contributed by atoms with E-state index in [1.807, 2.05) is 0 Å². The van der Waals surface area contributed by atoms with E-state index in [1.165, 1.54) is 21.3 Å². The van der Waals surface area contributed by atoms with E-state index in [0.717, 1.165) is 0 Å². The van der Waals surface area contributed by atoms with Crippen molar-refractivity contribution < 1.29 is 23.8 Å². The second-order valence-electron chi connectivity index (χ2n) is 4.21. The molecule has 6 heteroatoms. The van der Waals surface area contributed by atoms with Gasteiger partial charge in [0, 0.05) is 5.92 Å². The van der Waals surface area contributed by atoms with E-state index in [4.69, 9.17) is 21.1 Å². The maximum absolute atomic E-state index is 12.3. The molecule has 0 fully saturated rings. The molecule has 0 N–H and O–H groups in total. The first-order valence-electron chi connectivity index (χ1n) is 5.97. The average Bonchev–Trinajstić information content (AvgIpc) is 2.45. The lowest BCUT2D eigenvalue weighted by molar-refractivity contribution is -0.141. The molecule has 0 aromatic heterocycles. The van der Waals surface area contributed by atoms with Crippen molar-refractivity contribution in [1.29, 1.82) is 0 Å². The molecule has 0 aliphatic heterocycles. The van der Waals surface area contributed by atoms with Gasteiger partial charge in [0.2, 0.25) is 0 Å². The highest BCUT2D eigenvalue weighted by molar-refractivity contribution is 6.34. The van der Waals surface area contributed by atoms with E-state index in [0.29, 0.717) is 11.3 Å². The molecule has 0 spiro atoms. The summed E-state index contributed by atoms with van der Waals surface area (Å²) in [6, 6.07) is 3.16. The van der Waals surface area contributed by atoms with E-state index < -0.39 is 11.9 Å². The molecule has 110 valence electrons. The summed E-state index contributed by atoms with van der Waals surface area (Å²) in [5.74, 6) is -0.546. The fraction of sp³-hybridized carbons (Fsp3) is 0.429. The van der Waals surface area contributed by atoms with Crippen molar-refractivity contribution in [3.63, 3.8) is 0 Å². The minimum atomic E-state index is -0.527. The number of esters is 1. The first kappa shape index (κ1) is 16.3. The third-order valence-corrected chi connectivity index (χ3v) is 3.26. The largest absolute Gasteiger partial charge is 0.495 e. The molecule has 0 saturated carbocycles. The SMILES string of the molecule is COC(=O)CC(C)C(=O)c1ccc(OC)c(Cl)c1OC. The van der Waals surface area contributed by atoms with Crippen LogP contribution in [0.15, 0.2) is 12.1 Å². The Kier molecular flexibility index (Phi) is 5.82. The first-order chi connectivity index (χ1) is 9.46. The average molecular weight is 301 g/mol. The Balaban J connectivity index is 3.10. The number of carbonyl (C=O) groups is 2. The number of benzene rings is 1. The topological polar surface area (TPSA) is 61.8 Å². The Morgan fingerprint density at radius 3 is 2.35 bits per heavy atom. The molecule has 0 aliphatic carbocycles. The minimum absolute atomic E-state index is 0.00212. The van der Waals surface area contributed by atoms with Crippen LogP contribution < -0.4 is 9.47 Å². The van der Waals surface area contributed by atoms with Crippen LogP contribution in [0.5, 0.6) is 11.5 Å². The third-order valence-electron chi connectivity index (χ3n) is 2.90. The summed E-state index contributed by atoms with van der Waals surface area (Å²) in [4.78, 5) is 23.6. The van der Waals surface area contributed by atoms with Gasteiger partial charge in [0.25, 0.3) is 0 Å². The van der Waals surface area contributed by atoms with E-state index in [2.05, 4.69) is 4.74 Å². The molecule has 0 bridgehead atoms. The van der Waals surface area contributed by atoms with Crippen LogP contribution in [0.3, 0.4) is 0 Å². The van der Waals surface area contributed by atoms with Gasteiger partial charge in [-0.2, -0.15) is 0 Å². The van der Waals surface area contributed by atoms with Crippen molar-refractivity contribution in [3.05, 3.63) is 22.7 Å². The molecule has 5 nitrogen and oxygen atoms in total. The minimum Gasteiger partial charge on any atom is -0.495 e. The second-order valence-corrected chi connectivity index (χ2v) is 4.59. The van der Waals surface area contributed by atoms with Gasteiger partial charge in [-0.1, -0.05) is 18.5 Å². The van der Waals surface area contributed by atoms with Crippen LogP contribution in [-0.4, -0.2) is 33.1 Å². The predicted octanol–water partition coefficient (Wildman–Crippen LogP) is 2.74. The Bertz CT molecular complexity index is 513. The molecule has 0 heterocycles. The van der Waals surface area contributed by atoms with Gasteiger partial charge in [0.05, 0.1) is 33.3 Å². The van der Waals surface area contributed by atoms with E-state index in [1.54, 1.807) is 19.1 Å². The summed E-state index contributed by atoms with van der Waals surface area (Å²) >= 11 is 6.10. The zero-order valence-electron chi connectivity index (χ0n) is 11.9. The maximum Gasteiger partial charge on any atom is 0.306 e. The number of carbonyl (C=O) groups excluding carboxylic acids is 2. The molecule has 1 rings (SSSR count). The Hall–Kier alpha value is -1.75. The quantitative estimate of drug-likeness (QED) is 0.597. The summed E-state index contributed by atoms with van der Waals surface area (Å²) in [5.41, 5.74) is 0.315.